The maximum absolute atomic E-state index is 11.8. The van der Waals surface area contributed by atoms with Crippen molar-refractivity contribution in [3.8, 4) is 0 Å². The molecule has 2 rings (SSSR count). The summed E-state index contributed by atoms with van der Waals surface area (Å²) >= 11 is 0. The Bertz CT molecular complexity index is 271. The van der Waals surface area contributed by atoms with Crippen molar-refractivity contribution >= 4 is 12.2 Å². The van der Waals surface area contributed by atoms with E-state index in [0.29, 0.717) is 6.04 Å². The van der Waals surface area contributed by atoms with Crippen LogP contribution in [0.3, 0.4) is 0 Å². The van der Waals surface area contributed by atoms with Crippen LogP contribution in [0, 0.1) is 11.3 Å². The number of aldehydes is 1. The molecule has 2 aliphatic carbocycles. The number of nitrogens with one attached hydrogen (secondary N) is 1. The predicted molar refractivity (Wildman–Crippen MR) is 57.3 cm³/mol. The van der Waals surface area contributed by atoms with E-state index in [1.807, 2.05) is 6.92 Å². The van der Waals surface area contributed by atoms with Gasteiger partial charge in [0.1, 0.15) is 6.29 Å². The zero-order valence-corrected chi connectivity index (χ0v) is 9.29. The third kappa shape index (κ3) is 2.21. The van der Waals surface area contributed by atoms with Crippen LogP contribution in [0.1, 0.15) is 45.4 Å². The summed E-state index contributed by atoms with van der Waals surface area (Å²) in [6, 6.07) is 0.364. The van der Waals surface area contributed by atoms with E-state index in [0.717, 1.165) is 25.5 Å². The number of hydrogen-bond acceptors (Lipinski definition) is 2. The molecule has 84 valence electrons. The molecule has 0 bridgehead atoms. The lowest BCUT2D eigenvalue weighted by Crippen LogP contribution is -2.38. The summed E-state index contributed by atoms with van der Waals surface area (Å²) < 4.78 is 0. The van der Waals surface area contributed by atoms with E-state index in [-0.39, 0.29) is 17.2 Å². The largest absolute Gasteiger partial charge is 0.353 e. The fourth-order valence-electron chi connectivity index (χ4n) is 2.45. The van der Waals surface area contributed by atoms with Crippen LogP contribution in [0.15, 0.2) is 0 Å². The Morgan fingerprint density at radius 2 is 2.00 bits per heavy atom. The zero-order chi connectivity index (χ0) is 10.9. The van der Waals surface area contributed by atoms with Crippen LogP contribution < -0.4 is 5.32 Å². The van der Waals surface area contributed by atoms with Crippen molar-refractivity contribution in [3.63, 3.8) is 0 Å². The normalized spacial score (nSPS) is 35.9. The minimum atomic E-state index is -0.362. The molecule has 3 heteroatoms. The van der Waals surface area contributed by atoms with Crippen LogP contribution in [0.25, 0.3) is 0 Å². The first-order chi connectivity index (χ1) is 7.15. The monoisotopic (exact) mass is 209 g/mol. The molecule has 1 N–H and O–H groups in total. The van der Waals surface area contributed by atoms with Gasteiger partial charge in [0.2, 0.25) is 5.91 Å². The summed E-state index contributed by atoms with van der Waals surface area (Å²) in [5.74, 6) is 0.0356. The second kappa shape index (κ2) is 3.95. The lowest BCUT2D eigenvalue weighted by Gasteiger charge is -2.23. The Labute approximate surface area is 90.6 Å². The molecule has 1 amide bonds. The van der Waals surface area contributed by atoms with E-state index in [1.165, 1.54) is 19.3 Å². The van der Waals surface area contributed by atoms with Gasteiger partial charge in [-0.2, -0.15) is 0 Å². The van der Waals surface area contributed by atoms with E-state index in [1.54, 1.807) is 0 Å². The third-order valence-electron chi connectivity index (χ3n) is 3.82. The van der Waals surface area contributed by atoms with Crippen LogP contribution in [-0.4, -0.2) is 18.2 Å². The molecule has 0 aromatic heterocycles. The first kappa shape index (κ1) is 10.7. The van der Waals surface area contributed by atoms with Gasteiger partial charge in [-0.25, -0.2) is 0 Å². The predicted octanol–water partition coefficient (Wildman–Crippen LogP) is 1.66. The molecule has 0 saturated heterocycles. The summed E-state index contributed by atoms with van der Waals surface area (Å²) in [4.78, 5) is 22.5. The molecule has 2 fully saturated rings. The fraction of sp³-hybridized carbons (Fsp3) is 0.833. The molecule has 3 nitrogen and oxygen atoms in total. The molecule has 15 heavy (non-hydrogen) atoms. The quantitative estimate of drug-likeness (QED) is 0.718. The SMILES string of the molecule is CC1(C=O)CC1C(=O)NC1CCCCC1. The van der Waals surface area contributed by atoms with Crippen LogP contribution in [0.5, 0.6) is 0 Å². The van der Waals surface area contributed by atoms with Crippen molar-refractivity contribution in [2.24, 2.45) is 11.3 Å². The summed E-state index contributed by atoms with van der Waals surface area (Å²) in [6.45, 7) is 1.87. The molecule has 0 spiro atoms. The van der Waals surface area contributed by atoms with Crippen LogP contribution in [-0.2, 0) is 9.59 Å². The molecule has 0 aliphatic heterocycles. The van der Waals surface area contributed by atoms with Gasteiger partial charge in [-0.3, -0.25) is 4.79 Å². The lowest BCUT2D eigenvalue weighted by molar-refractivity contribution is -0.125. The van der Waals surface area contributed by atoms with Crippen LogP contribution in [0.4, 0.5) is 0 Å². The highest BCUT2D eigenvalue weighted by atomic mass is 16.2. The van der Waals surface area contributed by atoms with Gasteiger partial charge in [0, 0.05) is 11.5 Å². The maximum atomic E-state index is 11.8. The van der Waals surface area contributed by atoms with Crippen molar-refractivity contribution in [3.05, 3.63) is 0 Å². The molecule has 2 saturated carbocycles. The Morgan fingerprint density at radius 3 is 2.53 bits per heavy atom. The Balaban J connectivity index is 1.80. The minimum absolute atomic E-state index is 0.0584. The Kier molecular flexibility index (Phi) is 2.81. The first-order valence-electron chi connectivity index (χ1n) is 5.92. The minimum Gasteiger partial charge on any atom is -0.353 e. The number of amides is 1. The third-order valence-corrected chi connectivity index (χ3v) is 3.82. The Morgan fingerprint density at radius 1 is 1.33 bits per heavy atom. The number of carbonyl (C=O) groups is 2. The Hall–Kier alpha value is -0.860. The van der Waals surface area contributed by atoms with Crippen molar-refractivity contribution in [2.75, 3.05) is 0 Å². The molecular weight excluding hydrogens is 190 g/mol. The highest BCUT2D eigenvalue weighted by Gasteiger charge is 2.54. The number of carbonyl (C=O) groups excluding carboxylic acids is 2. The standard InChI is InChI=1S/C12H19NO2/c1-12(8-14)7-10(12)11(15)13-9-5-3-2-4-6-9/h8-10H,2-7H2,1H3,(H,13,15). The van der Waals surface area contributed by atoms with Gasteiger partial charge >= 0.3 is 0 Å². The average molecular weight is 209 g/mol. The zero-order valence-electron chi connectivity index (χ0n) is 9.29. The molecule has 0 radical (unpaired) electrons. The van der Waals surface area contributed by atoms with Crippen LogP contribution in [0.2, 0.25) is 0 Å². The van der Waals surface area contributed by atoms with Gasteiger partial charge in [-0.1, -0.05) is 26.2 Å². The van der Waals surface area contributed by atoms with E-state index < -0.39 is 0 Å². The first-order valence-corrected chi connectivity index (χ1v) is 5.92. The summed E-state index contributed by atoms with van der Waals surface area (Å²) in [5.41, 5.74) is -0.362. The van der Waals surface area contributed by atoms with Gasteiger partial charge in [0.25, 0.3) is 0 Å². The van der Waals surface area contributed by atoms with Crippen molar-refractivity contribution in [2.45, 2.75) is 51.5 Å². The van der Waals surface area contributed by atoms with E-state index >= 15 is 0 Å². The molecule has 0 heterocycles. The van der Waals surface area contributed by atoms with E-state index in [9.17, 15) is 9.59 Å². The van der Waals surface area contributed by atoms with E-state index in [4.69, 9.17) is 0 Å². The second-order valence-corrected chi connectivity index (χ2v) is 5.22. The van der Waals surface area contributed by atoms with Gasteiger partial charge in [0.05, 0.1) is 5.92 Å². The molecular formula is C12H19NO2. The topological polar surface area (TPSA) is 46.2 Å². The summed E-state index contributed by atoms with van der Waals surface area (Å²) in [6.07, 6.45) is 7.61. The van der Waals surface area contributed by atoms with Gasteiger partial charge < -0.3 is 10.1 Å². The molecule has 0 aromatic carbocycles. The molecule has 2 aliphatic rings. The van der Waals surface area contributed by atoms with Gasteiger partial charge in [0.15, 0.2) is 0 Å². The van der Waals surface area contributed by atoms with Crippen LogP contribution >= 0.6 is 0 Å². The average Bonchev–Trinajstić information content (AvgIpc) is 2.93. The number of rotatable bonds is 3. The lowest BCUT2D eigenvalue weighted by atomic mass is 9.95. The molecule has 0 aromatic rings. The highest BCUT2D eigenvalue weighted by Crippen LogP contribution is 2.50. The van der Waals surface area contributed by atoms with Crippen molar-refractivity contribution < 1.29 is 9.59 Å². The highest BCUT2D eigenvalue weighted by molar-refractivity contribution is 5.88. The fourth-order valence-corrected chi connectivity index (χ4v) is 2.45. The van der Waals surface area contributed by atoms with Crippen molar-refractivity contribution in [1.82, 2.24) is 5.32 Å². The van der Waals surface area contributed by atoms with Crippen molar-refractivity contribution in [1.29, 1.82) is 0 Å². The second-order valence-electron chi connectivity index (χ2n) is 5.22. The smallest absolute Gasteiger partial charge is 0.224 e. The number of hydrogen-bond donors (Lipinski definition) is 1. The van der Waals surface area contributed by atoms with E-state index in [2.05, 4.69) is 5.32 Å². The van der Waals surface area contributed by atoms with Gasteiger partial charge in [-0.15, -0.1) is 0 Å². The summed E-state index contributed by atoms with van der Waals surface area (Å²) in [5, 5.41) is 3.07. The van der Waals surface area contributed by atoms with Gasteiger partial charge in [-0.05, 0) is 19.3 Å². The molecule has 2 unspecified atom stereocenters. The summed E-state index contributed by atoms with van der Waals surface area (Å²) in [7, 11) is 0. The molecule has 2 atom stereocenters. The maximum Gasteiger partial charge on any atom is 0.224 e.